The first-order valence-corrected chi connectivity index (χ1v) is 4.08. The van der Waals surface area contributed by atoms with Gasteiger partial charge in [0.15, 0.2) is 0 Å². The third-order valence-electron chi connectivity index (χ3n) is 2.52. The van der Waals surface area contributed by atoms with Crippen LogP contribution in [-0.4, -0.2) is 12.1 Å². The fourth-order valence-electron chi connectivity index (χ4n) is 1.85. The van der Waals surface area contributed by atoms with E-state index in [9.17, 15) is 4.79 Å². The zero-order chi connectivity index (χ0) is 6.97. The van der Waals surface area contributed by atoms with Crippen molar-refractivity contribution in [2.24, 2.45) is 5.92 Å². The summed E-state index contributed by atoms with van der Waals surface area (Å²) in [5, 5.41) is 0. The van der Waals surface area contributed by atoms with Gasteiger partial charge in [-0.2, -0.15) is 0 Å². The third kappa shape index (κ3) is 0.825. The molecule has 0 unspecified atom stereocenters. The van der Waals surface area contributed by atoms with Gasteiger partial charge in [-0.1, -0.05) is 12.8 Å². The van der Waals surface area contributed by atoms with Crippen LogP contribution in [0.3, 0.4) is 0 Å². The topological polar surface area (TPSA) is 26.3 Å². The predicted molar refractivity (Wildman–Crippen MR) is 36.5 cm³/mol. The van der Waals surface area contributed by atoms with Crippen LogP contribution in [0.4, 0.5) is 0 Å². The molecule has 2 heteroatoms. The Balaban J connectivity index is 1.99. The fourth-order valence-corrected chi connectivity index (χ4v) is 1.85. The van der Waals surface area contributed by atoms with Gasteiger partial charge in [0.2, 0.25) is 0 Å². The average Bonchev–Trinajstić information content (AvgIpc) is 2.09. The number of carbonyl (C=O) groups is 1. The van der Waals surface area contributed by atoms with Gasteiger partial charge >= 0.3 is 5.97 Å². The molecule has 1 saturated carbocycles. The van der Waals surface area contributed by atoms with E-state index in [0.717, 1.165) is 12.8 Å². The van der Waals surface area contributed by atoms with Crippen molar-refractivity contribution in [3.63, 3.8) is 0 Å². The van der Waals surface area contributed by atoms with Crippen molar-refractivity contribution in [1.29, 1.82) is 0 Å². The SMILES string of the molecule is O=C1O[C@@H]2CCCCC[C@@H]12. The van der Waals surface area contributed by atoms with Gasteiger partial charge in [0.1, 0.15) is 6.10 Å². The molecule has 1 heterocycles. The quantitative estimate of drug-likeness (QED) is 0.476. The summed E-state index contributed by atoms with van der Waals surface area (Å²) in [7, 11) is 0. The highest BCUT2D eigenvalue weighted by Crippen LogP contribution is 2.34. The van der Waals surface area contributed by atoms with E-state index in [1.165, 1.54) is 19.3 Å². The highest BCUT2D eigenvalue weighted by Gasteiger charge is 2.42. The second kappa shape index (κ2) is 2.26. The van der Waals surface area contributed by atoms with E-state index < -0.39 is 0 Å². The van der Waals surface area contributed by atoms with Crippen molar-refractivity contribution in [1.82, 2.24) is 0 Å². The summed E-state index contributed by atoms with van der Waals surface area (Å²) in [5.41, 5.74) is 0. The minimum absolute atomic E-state index is 0.0481. The van der Waals surface area contributed by atoms with Gasteiger partial charge in [0, 0.05) is 0 Å². The molecule has 2 aliphatic rings. The van der Waals surface area contributed by atoms with Crippen molar-refractivity contribution < 1.29 is 9.53 Å². The van der Waals surface area contributed by atoms with Gasteiger partial charge in [-0.05, 0) is 19.3 Å². The lowest BCUT2D eigenvalue weighted by atomic mass is 9.92. The molecule has 0 radical (unpaired) electrons. The Morgan fingerprint density at radius 2 is 2.00 bits per heavy atom. The van der Waals surface area contributed by atoms with E-state index in [4.69, 9.17) is 4.74 Å². The first kappa shape index (κ1) is 6.20. The summed E-state index contributed by atoms with van der Waals surface area (Å²) in [6.45, 7) is 0. The molecule has 0 bridgehead atoms. The van der Waals surface area contributed by atoms with Crippen LogP contribution >= 0.6 is 0 Å². The molecule has 1 aliphatic heterocycles. The van der Waals surface area contributed by atoms with Crippen molar-refractivity contribution in [3.05, 3.63) is 0 Å². The monoisotopic (exact) mass is 140 g/mol. The van der Waals surface area contributed by atoms with Crippen LogP contribution in [0, 0.1) is 5.92 Å². The second-order valence-corrected chi connectivity index (χ2v) is 3.22. The maximum absolute atomic E-state index is 10.8. The molecule has 2 fully saturated rings. The molecule has 2 nitrogen and oxygen atoms in total. The first-order valence-electron chi connectivity index (χ1n) is 4.08. The van der Waals surface area contributed by atoms with Crippen molar-refractivity contribution in [2.75, 3.05) is 0 Å². The van der Waals surface area contributed by atoms with Crippen molar-refractivity contribution >= 4 is 5.97 Å². The number of carbonyl (C=O) groups excluding carboxylic acids is 1. The van der Waals surface area contributed by atoms with E-state index in [0.29, 0.717) is 6.10 Å². The molecule has 1 saturated heterocycles. The zero-order valence-corrected chi connectivity index (χ0v) is 6.01. The maximum Gasteiger partial charge on any atom is 0.313 e. The largest absolute Gasteiger partial charge is 0.461 e. The van der Waals surface area contributed by atoms with E-state index >= 15 is 0 Å². The highest BCUT2D eigenvalue weighted by molar-refractivity contribution is 5.78. The summed E-state index contributed by atoms with van der Waals surface area (Å²) in [6, 6.07) is 0. The highest BCUT2D eigenvalue weighted by atomic mass is 16.6. The van der Waals surface area contributed by atoms with Gasteiger partial charge in [0.25, 0.3) is 0 Å². The fraction of sp³-hybridized carbons (Fsp3) is 0.875. The van der Waals surface area contributed by atoms with Crippen LogP contribution in [-0.2, 0) is 9.53 Å². The molecule has 0 aromatic carbocycles. The Hall–Kier alpha value is -0.530. The summed E-state index contributed by atoms with van der Waals surface area (Å²) in [5.74, 6) is 0.328. The molecular weight excluding hydrogens is 128 g/mol. The zero-order valence-electron chi connectivity index (χ0n) is 6.01. The number of esters is 1. The van der Waals surface area contributed by atoms with E-state index in [-0.39, 0.29) is 11.9 Å². The minimum atomic E-state index is 0.0481. The smallest absolute Gasteiger partial charge is 0.313 e. The lowest BCUT2D eigenvalue weighted by Crippen LogP contribution is -2.44. The Kier molecular flexibility index (Phi) is 1.40. The molecule has 2 rings (SSSR count). The summed E-state index contributed by atoms with van der Waals surface area (Å²) < 4.78 is 4.98. The molecule has 10 heavy (non-hydrogen) atoms. The van der Waals surface area contributed by atoms with Crippen molar-refractivity contribution in [2.45, 2.75) is 38.2 Å². The third-order valence-corrected chi connectivity index (χ3v) is 2.52. The molecule has 0 spiro atoms. The van der Waals surface area contributed by atoms with E-state index in [2.05, 4.69) is 0 Å². The number of rotatable bonds is 0. The Morgan fingerprint density at radius 3 is 2.80 bits per heavy atom. The Bertz CT molecular complexity index is 153. The molecule has 0 aromatic rings. The molecule has 0 N–H and O–H groups in total. The van der Waals surface area contributed by atoms with Crippen LogP contribution < -0.4 is 0 Å². The van der Waals surface area contributed by atoms with Gasteiger partial charge in [-0.25, -0.2) is 0 Å². The average molecular weight is 140 g/mol. The number of ether oxygens (including phenoxy) is 1. The summed E-state index contributed by atoms with van der Waals surface area (Å²) in [4.78, 5) is 10.8. The predicted octanol–water partition coefficient (Wildman–Crippen LogP) is 1.49. The first-order chi connectivity index (χ1) is 4.88. The maximum atomic E-state index is 10.8. The lowest BCUT2D eigenvalue weighted by molar-refractivity contribution is -0.184. The van der Waals surface area contributed by atoms with Gasteiger partial charge in [0.05, 0.1) is 5.92 Å². The van der Waals surface area contributed by atoms with Gasteiger partial charge < -0.3 is 4.74 Å². The van der Waals surface area contributed by atoms with Crippen LogP contribution in [0.1, 0.15) is 32.1 Å². The standard InChI is InChI=1S/C8H12O2/c9-8-6-4-2-1-3-5-7(6)10-8/h6-7H,1-5H2/t6-,7-/m1/s1. The van der Waals surface area contributed by atoms with Gasteiger partial charge in [-0.3, -0.25) is 4.79 Å². The lowest BCUT2D eigenvalue weighted by Gasteiger charge is -2.33. The summed E-state index contributed by atoms with van der Waals surface area (Å²) in [6.07, 6.45) is 6.23. The second-order valence-electron chi connectivity index (χ2n) is 3.22. The summed E-state index contributed by atoms with van der Waals surface area (Å²) >= 11 is 0. The van der Waals surface area contributed by atoms with E-state index in [1.807, 2.05) is 0 Å². The van der Waals surface area contributed by atoms with Crippen LogP contribution in [0.2, 0.25) is 0 Å². The van der Waals surface area contributed by atoms with Gasteiger partial charge in [-0.15, -0.1) is 0 Å². The van der Waals surface area contributed by atoms with Crippen LogP contribution in [0.25, 0.3) is 0 Å². The molecule has 2 atom stereocenters. The van der Waals surface area contributed by atoms with Crippen molar-refractivity contribution in [3.8, 4) is 0 Å². The van der Waals surface area contributed by atoms with Crippen LogP contribution in [0.5, 0.6) is 0 Å². The number of fused-ring (bicyclic) bond motifs is 1. The number of hydrogen-bond acceptors (Lipinski definition) is 2. The molecule has 0 aromatic heterocycles. The normalized spacial score (nSPS) is 39.0. The Labute approximate surface area is 60.6 Å². The molecule has 0 amide bonds. The minimum Gasteiger partial charge on any atom is -0.461 e. The Morgan fingerprint density at radius 1 is 1.20 bits per heavy atom. The number of hydrogen-bond donors (Lipinski definition) is 0. The van der Waals surface area contributed by atoms with E-state index in [1.54, 1.807) is 0 Å². The molecule has 1 aliphatic carbocycles. The molecule has 56 valence electrons. The molecular formula is C8H12O2. The van der Waals surface area contributed by atoms with Crippen LogP contribution in [0.15, 0.2) is 0 Å².